The third-order valence-corrected chi connectivity index (χ3v) is 4.35. The summed E-state index contributed by atoms with van der Waals surface area (Å²) in [5.74, 6) is -0.335. The molecule has 0 unspecified atom stereocenters. The van der Waals surface area contributed by atoms with Crippen molar-refractivity contribution in [2.45, 2.75) is 40.5 Å². The lowest BCUT2D eigenvalue weighted by Crippen LogP contribution is -2.37. The van der Waals surface area contributed by atoms with Crippen molar-refractivity contribution < 1.29 is 9.59 Å². The van der Waals surface area contributed by atoms with Crippen LogP contribution in [0.4, 0.5) is 11.4 Å². The summed E-state index contributed by atoms with van der Waals surface area (Å²) >= 11 is 0. The molecule has 0 spiro atoms. The van der Waals surface area contributed by atoms with Crippen molar-refractivity contribution in [3.8, 4) is 0 Å². The molecular weight excluding hydrogens is 312 g/mol. The number of nitrogens with one attached hydrogen (secondary N) is 1. The molecule has 2 aromatic rings. The van der Waals surface area contributed by atoms with E-state index in [1.807, 2.05) is 49.4 Å². The predicted octanol–water partition coefficient (Wildman–Crippen LogP) is 4.11. The maximum Gasteiger partial charge on any atom is 0.244 e. The maximum absolute atomic E-state index is 12.6. The molecule has 0 aliphatic rings. The summed E-state index contributed by atoms with van der Waals surface area (Å²) in [6.07, 6.45) is 1.69. The topological polar surface area (TPSA) is 49.4 Å². The molecule has 25 heavy (non-hydrogen) atoms. The molecule has 2 amide bonds. The van der Waals surface area contributed by atoms with Gasteiger partial charge in [-0.15, -0.1) is 0 Å². The van der Waals surface area contributed by atoms with Crippen LogP contribution in [0, 0.1) is 6.92 Å². The van der Waals surface area contributed by atoms with Crippen LogP contribution in [-0.2, 0) is 22.4 Å². The van der Waals surface area contributed by atoms with Crippen molar-refractivity contribution >= 4 is 23.2 Å². The molecule has 2 aromatic carbocycles. The number of amides is 2. The highest BCUT2D eigenvalue weighted by molar-refractivity contribution is 6.02. The van der Waals surface area contributed by atoms with Crippen LogP contribution < -0.4 is 10.2 Å². The van der Waals surface area contributed by atoms with E-state index in [1.54, 1.807) is 0 Å². The third kappa shape index (κ3) is 4.47. The van der Waals surface area contributed by atoms with E-state index in [0.29, 0.717) is 0 Å². The number of carbonyl (C=O) groups excluding carboxylic acids is 2. The molecule has 0 fully saturated rings. The first-order valence-corrected chi connectivity index (χ1v) is 8.72. The number of nitrogens with zero attached hydrogens (tertiary/aromatic N) is 1. The summed E-state index contributed by atoms with van der Waals surface area (Å²) in [5, 5.41) is 3.02. The summed E-state index contributed by atoms with van der Waals surface area (Å²) in [4.78, 5) is 26.2. The average Bonchev–Trinajstić information content (AvgIpc) is 2.60. The highest BCUT2D eigenvalue weighted by Crippen LogP contribution is 2.23. The molecule has 0 aromatic heterocycles. The minimum absolute atomic E-state index is 0.00138. The first-order valence-electron chi connectivity index (χ1n) is 8.72. The fraction of sp³-hybridized carbons (Fsp3) is 0.333. The Balaban J connectivity index is 2.24. The van der Waals surface area contributed by atoms with Crippen LogP contribution in [0.5, 0.6) is 0 Å². The monoisotopic (exact) mass is 338 g/mol. The zero-order valence-electron chi connectivity index (χ0n) is 15.4. The van der Waals surface area contributed by atoms with E-state index < -0.39 is 0 Å². The normalized spacial score (nSPS) is 10.4. The molecule has 0 saturated carbocycles. The molecule has 2 rings (SSSR count). The second-order valence-corrected chi connectivity index (χ2v) is 6.10. The number of rotatable bonds is 6. The van der Waals surface area contributed by atoms with Gasteiger partial charge < -0.3 is 10.2 Å². The van der Waals surface area contributed by atoms with Crippen molar-refractivity contribution in [1.82, 2.24) is 0 Å². The fourth-order valence-electron chi connectivity index (χ4n) is 2.96. The Bertz CT molecular complexity index is 746. The first kappa shape index (κ1) is 18.7. The molecular formula is C21H26N2O2. The Morgan fingerprint density at radius 2 is 1.56 bits per heavy atom. The van der Waals surface area contributed by atoms with Crippen LogP contribution in [0.3, 0.4) is 0 Å². The first-order chi connectivity index (χ1) is 12.0. The lowest BCUT2D eigenvalue weighted by molar-refractivity contribution is -0.120. The molecule has 0 saturated heterocycles. The van der Waals surface area contributed by atoms with E-state index >= 15 is 0 Å². The molecule has 4 nitrogen and oxygen atoms in total. The standard InChI is InChI=1S/C21H26N2O2/c1-5-17-11-9-12-18(6-2)21(17)22-20(25)14-23(16(4)24)19-13-8-7-10-15(19)3/h7-13H,5-6,14H2,1-4H3,(H,22,25). The van der Waals surface area contributed by atoms with Gasteiger partial charge in [-0.05, 0) is 42.5 Å². The largest absolute Gasteiger partial charge is 0.324 e. The van der Waals surface area contributed by atoms with E-state index in [2.05, 4.69) is 19.2 Å². The summed E-state index contributed by atoms with van der Waals surface area (Å²) in [6, 6.07) is 13.7. The number of carbonyl (C=O) groups is 2. The highest BCUT2D eigenvalue weighted by atomic mass is 16.2. The molecule has 0 radical (unpaired) electrons. The van der Waals surface area contributed by atoms with Gasteiger partial charge in [0, 0.05) is 18.3 Å². The zero-order chi connectivity index (χ0) is 18.4. The Labute approximate surface area is 149 Å². The van der Waals surface area contributed by atoms with Gasteiger partial charge >= 0.3 is 0 Å². The second-order valence-electron chi connectivity index (χ2n) is 6.10. The SMILES string of the molecule is CCc1cccc(CC)c1NC(=O)CN(C(C)=O)c1ccccc1C. The number of hydrogen-bond acceptors (Lipinski definition) is 2. The molecule has 0 aliphatic carbocycles. The van der Waals surface area contributed by atoms with Crippen LogP contribution in [-0.4, -0.2) is 18.4 Å². The quantitative estimate of drug-likeness (QED) is 0.861. The van der Waals surface area contributed by atoms with Gasteiger partial charge in [-0.1, -0.05) is 50.2 Å². The second kappa shape index (κ2) is 8.47. The molecule has 132 valence electrons. The molecule has 1 N–H and O–H groups in total. The van der Waals surface area contributed by atoms with Crippen molar-refractivity contribution in [1.29, 1.82) is 0 Å². The van der Waals surface area contributed by atoms with Gasteiger partial charge in [0.2, 0.25) is 11.8 Å². The third-order valence-electron chi connectivity index (χ3n) is 4.35. The number of aryl methyl sites for hydroxylation is 3. The summed E-state index contributed by atoms with van der Waals surface area (Å²) in [7, 11) is 0. The van der Waals surface area contributed by atoms with Crippen LogP contribution in [0.1, 0.15) is 37.5 Å². The van der Waals surface area contributed by atoms with E-state index in [9.17, 15) is 9.59 Å². The van der Waals surface area contributed by atoms with Gasteiger partial charge in [-0.2, -0.15) is 0 Å². The Kier molecular flexibility index (Phi) is 6.34. The van der Waals surface area contributed by atoms with Crippen molar-refractivity contribution in [2.24, 2.45) is 0 Å². The van der Waals surface area contributed by atoms with E-state index in [-0.39, 0.29) is 18.4 Å². The predicted molar refractivity (Wildman–Crippen MR) is 103 cm³/mol. The van der Waals surface area contributed by atoms with Crippen LogP contribution in [0.15, 0.2) is 42.5 Å². The van der Waals surface area contributed by atoms with Crippen LogP contribution >= 0.6 is 0 Å². The molecule has 0 atom stereocenters. The van der Waals surface area contributed by atoms with E-state index in [1.165, 1.54) is 11.8 Å². The zero-order valence-corrected chi connectivity index (χ0v) is 15.4. The minimum Gasteiger partial charge on any atom is -0.324 e. The molecule has 0 bridgehead atoms. The Morgan fingerprint density at radius 1 is 0.960 bits per heavy atom. The molecule has 4 heteroatoms. The van der Waals surface area contributed by atoms with E-state index in [4.69, 9.17) is 0 Å². The fourth-order valence-corrected chi connectivity index (χ4v) is 2.96. The van der Waals surface area contributed by atoms with Gasteiger partial charge in [0.05, 0.1) is 0 Å². The Morgan fingerprint density at radius 3 is 2.08 bits per heavy atom. The molecule has 0 aliphatic heterocycles. The van der Waals surface area contributed by atoms with Crippen molar-refractivity contribution in [2.75, 3.05) is 16.8 Å². The summed E-state index contributed by atoms with van der Waals surface area (Å²) < 4.78 is 0. The van der Waals surface area contributed by atoms with Crippen molar-refractivity contribution in [3.63, 3.8) is 0 Å². The molecule has 0 heterocycles. The Hall–Kier alpha value is -2.62. The van der Waals surface area contributed by atoms with Crippen LogP contribution in [0.2, 0.25) is 0 Å². The van der Waals surface area contributed by atoms with E-state index in [0.717, 1.165) is 40.9 Å². The number of anilines is 2. The maximum atomic E-state index is 12.6. The number of benzene rings is 2. The van der Waals surface area contributed by atoms with Gasteiger partial charge in [-0.3, -0.25) is 9.59 Å². The summed E-state index contributed by atoms with van der Waals surface area (Å²) in [5.41, 5.74) is 4.83. The van der Waals surface area contributed by atoms with Gasteiger partial charge in [0.1, 0.15) is 6.54 Å². The lowest BCUT2D eigenvalue weighted by atomic mass is 10.0. The van der Waals surface area contributed by atoms with Crippen molar-refractivity contribution in [3.05, 3.63) is 59.2 Å². The summed E-state index contributed by atoms with van der Waals surface area (Å²) in [6.45, 7) is 7.56. The number of para-hydroxylation sites is 2. The van der Waals surface area contributed by atoms with Gasteiger partial charge in [0.25, 0.3) is 0 Å². The highest BCUT2D eigenvalue weighted by Gasteiger charge is 2.18. The van der Waals surface area contributed by atoms with Gasteiger partial charge in [-0.25, -0.2) is 0 Å². The average molecular weight is 338 g/mol. The van der Waals surface area contributed by atoms with Gasteiger partial charge in [0.15, 0.2) is 0 Å². The lowest BCUT2D eigenvalue weighted by Gasteiger charge is -2.23. The smallest absolute Gasteiger partial charge is 0.244 e. The number of hydrogen-bond donors (Lipinski definition) is 1. The minimum atomic E-state index is -0.186. The van der Waals surface area contributed by atoms with Crippen LogP contribution in [0.25, 0.3) is 0 Å².